The maximum absolute atomic E-state index is 13.4. The van der Waals surface area contributed by atoms with E-state index in [1.807, 2.05) is 30.1 Å². The van der Waals surface area contributed by atoms with E-state index >= 15 is 0 Å². The van der Waals surface area contributed by atoms with Gasteiger partial charge in [-0.05, 0) is 29.8 Å². The fourth-order valence-electron chi connectivity index (χ4n) is 1.96. The molecule has 2 aromatic rings. The van der Waals surface area contributed by atoms with Crippen molar-refractivity contribution in [2.24, 2.45) is 0 Å². The van der Waals surface area contributed by atoms with Crippen LogP contribution in [0.25, 0.3) is 0 Å². The van der Waals surface area contributed by atoms with Gasteiger partial charge in [-0.3, -0.25) is 0 Å². The van der Waals surface area contributed by atoms with E-state index in [1.165, 1.54) is 6.07 Å². The molecule has 0 spiro atoms. The third-order valence-corrected chi connectivity index (χ3v) is 2.92. The lowest BCUT2D eigenvalue weighted by atomic mass is 10.1. The number of nitrogen functional groups attached to an aromatic ring is 1. The summed E-state index contributed by atoms with van der Waals surface area (Å²) in [5, 5.41) is 8.86. The highest BCUT2D eigenvalue weighted by atomic mass is 19.1. The van der Waals surface area contributed by atoms with Crippen molar-refractivity contribution in [1.29, 1.82) is 5.26 Å². The topological polar surface area (TPSA) is 53.0 Å². The second-order valence-corrected chi connectivity index (χ2v) is 4.34. The summed E-state index contributed by atoms with van der Waals surface area (Å²) in [5.74, 6) is -0.421. The molecule has 0 saturated heterocycles. The van der Waals surface area contributed by atoms with Gasteiger partial charge in [-0.1, -0.05) is 18.2 Å². The van der Waals surface area contributed by atoms with E-state index in [-0.39, 0.29) is 5.69 Å². The fourth-order valence-corrected chi connectivity index (χ4v) is 1.96. The molecule has 0 heterocycles. The Labute approximate surface area is 111 Å². The van der Waals surface area contributed by atoms with E-state index in [9.17, 15) is 4.39 Å². The number of hydrogen-bond acceptors (Lipinski definition) is 3. The zero-order valence-electron chi connectivity index (χ0n) is 10.6. The van der Waals surface area contributed by atoms with Crippen molar-refractivity contribution in [1.82, 2.24) is 0 Å². The van der Waals surface area contributed by atoms with Crippen LogP contribution >= 0.6 is 0 Å². The van der Waals surface area contributed by atoms with Crippen molar-refractivity contribution < 1.29 is 4.39 Å². The number of nitriles is 1. The van der Waals surface area contributed by atoms with Crippen LogP contribution in [0.15, 0.2) is 42.5 Å². The quantitative estimate of drug-likeness (QED) is 0.858. The Morgan fingerprint density at radius 1 is 1.26 bits per heavy atom. The molecule has 2 N–H and O–H groups in total. The molecule has 0 amide bonds. The number of nitrogens with two attached hydrogens (primary N) is 1. The summed E-state index contributed by atoms with van der Waals surface area (Å²) in [6.07, 6.45) is 0. The second kappa shape index (κ2) is 5.40. The minimum absolute atomic E-state index is 0.140. The van der Waals surface area contributed by atoms with E-state index in [1.54, 1.807) is 18.2 Å². The molecular weight excluding hydrogens is 241 g/mol. The lowest BCUT2D eigenvalue weighted by molar-refractivity contribution is 0.632. The van der Waals surface area contributed by atoms with Crippen molar-refractivity contribution in [2.45, 2.75) is 6.54 Å². The van der Waals surface area contributed by atoms with E-state index in [4.69, 9.17) is 11.0 Å². The third-order valence-electron chi connectivity index (χ3n) is 2.92. The molecular formula is C15H14FN3. The Morgan fingerprint density at radius 2 is 2.00 bits per heavy atom. The first-order valence-corrected chi connectivity index (χ1v) is 5.86. The molecule has 2 aromatic carbocycles. The highest BCUT2D eigenvalue weighted by Gasteiger charge is 2.09. The Bertz CT molecular complexity index is 632. The standard InChI is InChI=1S/C15H14FN3/c1-19(14-7-3-6-13(16)15(14)18)10-12-5-2-4-11(8-12)9-17/h2-8H,10,18H2,1H3. The number of hydrogen-bond donors (Lipinski definition) is 1. The summed E-state index contributed by atoms with van der Waals surface area (Å²) in [6.45, 7) is 0.559. The molecule has 2 rings (SSSR count). The minimum Gasteiger partial charge on any atom is -0.395 e. The average molecular weight is 255 g/mol. The van der Waals surface area contributed by atoms with Crippen LogP contribution < -0.4 is 10.6 Å². The fraction of sp³-hybridized carbons (Fsp3) is 0.133. The number of nitrogens with zero attached hydrogens (tertiary/aromatic N) is 2. The molecule has 3 nitrogen and oxygen atoms in total. The lowest BCUT2D eigenvalue weighted by Gasteiger charge is -2.21. The number of benzene rings is 2. The summed E-state index contributed by atoms with van der Waals surface area (Å²) >= 11 is 0. The summed E-state index contributed by atoms with van der Waals surface area (Å²) < 4.78 is 13.4. The normalized spacial score (nSPS) is 9.95. The SMILES string of the molecule is CN(Cc1cccc(C#N)c1)c1cccc(F)c1N. The lowest BCUT2D eigenvalue weighted by Crippen LogP contribution is -2.18. The molecule has 0 saturated carbocycles. The average Bonchev–Trinajstić information content (AvgIpc) is 2.42. The highest BCUT2D eigenvalue weighted by Crippen LogP contribution is 2.25. The summed E-state index contributed by atoms with van der Waals surface area (Å²) in [4.78, 5) is 1.86. The second-order valence-electron chi connectivity index (χ2n) is 4.34. The van der Waals surface area contributed by atoms with Crippen LogP contribution in [0.3, 0.4) is 0 Å². The van der Waals surface area contributed by atoms with E-state index < -0.39 is 5.82 Å². The van der Waals surface area contributed by atoms with Crippen molar-refractivity contribution in [3.8, 4) is 6.07 Å². The van der Waals surface area contributed by atoms with E-state index in [0.717, 1.165) is 5.56 Å². The van der Waals surface area contributed by atoms with Gasteiger partial charge < -0.3 is 10.6 Å². The van der Waals surface area contributed by atoms with Gasteiger partial charge in [-0.25, -0.2) is 4.39 Å². The first kappa shape index (κ1) is 12.9. The predicted octanol–water partition coefficient (Wildman–Crippen LogP) is 2.92. The first-order chi connectivity index (χ1) is 9.11. The smallest absolute Gasteiger partial charge is 0.148 e. The first-order valence-electron chi connectivity index (χ1n) is 5.86. The molecule has 4 heteroatoms. The van der Waals surface area contributed by atoms with Crippen LogP contribution in [0.4, 0.5) is 15.8 Å². The van der Waals surface area contributed by atoms with Crippen LogP contribution in [0.2, 0.25) is 0 Å². The molecule has 96 valence electrons. The van der Waals surface area contributed by atoms with Crippen molar-refractivity contribution in [3.63, 3.8) is 0 Å². The summed E-state index contributed by atoms with van der Waals surface area (Å²) in [7, 11) is 1.84. The van der Waals surface area contributed by atoms with Gasteiger partial charge >= 0.3 is 0 Å². The number of anilines is 2. The molecule has 0 radical (unpaired) electrons. The molecule has 0 bridgehead atoms. The monoisotopic (exact) mass is 255 g/mol. The van der Waals surface area contributed by atoms with E-state index in [0.29, 0.717) is 17.8 Å². The summed E-state index contributed by atoms with van der Waals surface area (Å²) in [5.41, 5.74) is 8.09. The molecule has 0 unspecified atom stereocenters. The molecule has 0 aliphatic heterocycles. The minimum atomic E-state index is -0.421. The van der Waals surface area contributed by atoms with Crippen LogP contribution in [-0.4, -0.2) is 7.05 Å². The molecule has 0 atom stereocenters. The third kappa shape index (κ3) is 2.83. The Morgan fingerprint density at radius 3 is 2.74 bits per heavy atom. The highest BCUT2D eigenvalue weighted by molar-refractivity contribution is 5.67. The maximum atomic E-state index is 13.4. The van der Waals surface area contributed by atoms with Gasteiger partial charge in [-0.15, -0.1) is 0 Å². The van der Waals surface area contributed by atoms with Crippen molar-refractivity contribution in [2.75, 3.05) is 17.7 Å². The Hall–Kier alpha value is -2.54. The zero-order valence-corrected chi connectivity index (χ0v) is 10.6. The van der Waals surface area contributed by atoms with Gasteiger partial charge in [0.25, 0.3) is 0 Å². The van der Waals surface area contributed by atoms with Crippen LogP contribution in [0.1, 0.15) is 11.1 Å². The van der Waals surface area contributed by atoms with Gasteiger partial charge in [0.1, 0.15) is 5.82 Å². The molecule has 0 aromatic heterocycles. The molecule has 0 fully saturated rings. The van der Waals surface area contributed by atoms with Crippen LogP contribution in [0, 0.1) is 17.1 Å². The Balaban J connectivity index is 2.23. The number of rotatable bonds is 3. The largest absolute Gasteiger partial charge is 0.395 e. The number of para-hydroxylation sites is 1. The van der Waals surface area contributed by atoms with E-state index in [2.05, 4.69) is 6.07 Å². The van der Waals surface area contributed by atoms with Gasteiger partial charge in [0.2, 0.25) is 0 Å². The van der Waals surface area contributed by atoms with Crippen LogP contribution in [0.5, 0.6) is 0 Å². The summed E-state index contributed by atoms with van der Waals surface area (Å²) in [6, 6.07) is 14.1. The van der Waals surface area contributed by atoms with Crippen LogP contribution in [-0.2, 0) is 6.54 Å². The Kier molecular flexibility index (Phi) is 3.67. The van der Waals surface area contributed by atoms with Gasteiger partial charge in [0, 0.05) is 13.6 Å². The molecule has 0 aliphatic rings. The van der Waals surface area contributed by atoms with Gasteiger partial charge in [0.05, 0.1) is 23.0 Å². The van der Waals surface area contributed by atoms with Crippen molar-refractivity contribution >= 4 is 11.4 Å². The van der Waals surface area contributed by atoms with Gasteiger partial charge in [0.15, 0.2) is 0 Å². The zero-order chi connectivity index (χ0) is 13.8. The predicted molar refractivity (Wildman–Crippen MR) is 74.1 cm³/mol. The van der Waals surface area contributed by atoms with Gasteiger partial charge in [-0.2, -0.15) is 5.26 Å². The molecule has 0 aliphatic carbocycles. The van der Waals surface area contributed by atoms with Crippen molar-refractivity contribution in [3.05, 3.63) is 59.4 Å². The molecule has 19 heavy (non-hydrogen) atoms. The maximum Gasteiger partial charge on any atom is 0.148 e. The number of halogens is 1.